The minimum absolute atomic E-state index is 0.0480. The zero-order valence-corrected chi connectivity index (χ0v) is 10.4. The summed E-state index contributed by atoms with van der Waals surface area (Å²) < 4.78 is 10.6. The number of rotatable bonds is 3. The van der Waals surface area contributed by atoms with Crippen LogP contribution in [-0.2, 0) is 14.3 Å². The molecule has 2 rings (SSSR count). The van der Waals surface area contributed by atoms with E-state index in [2.05, 4.69) is 18.7 Å². The smallest absolute Gasteiger partial charge is 0.323 e. The van der Waals surface area contributed by atoms with Gasteiger partial charge in [-0.1, -0.05) is 0 Å². The molecule has 0 bridgehead atoms. The Kier molecular flexibility index (Phi) is 3.22. The number of morpholine rings is 1. The molecule has 0 spiro atoms. The lowest BCUT2D eigenvalue weighted by Crippen LogP contribution is -2.55. The Hall–Kier alpha value is -0.610. The number of hydrogen-bond acceptors (Lipinski definition) is 4. The van der Waals surface area contributed by atoms with Crippen LogP contribution in [0.2, 0.25) is 0 Å². The molecule has 1 aliphatic heterocycles. The third kappa shape index (κ3) is 2.55. The number of hydrogen-bond donors (Lipinski definition) is 0. The van der Waals surface area contributed by atoms with E-state index in [-0.39, 0.29) is 17.6 Å². The van der Waals surface area contributed by atoms with Crippen LogP contribution >= 0.6 is 0 Å². The number of esters is 1. The monoisotopic (exact) mass is 227 g/mol. The van der Waals surface area contributed by atoms with Crippen molar-refractivity contribution in [2.24, 2.45) is 5.92 Å². The molecule has 0 aromatic rings. The van der Waals surface area contributed by atoms with Gasteiger partial charge in [0.15, 0.2) is 0 Å². The van der Waals surface area contributed by atoms with Crippen LogP contribution in [0.4, 0.5) is 0 Å². The summed E-state index contributed by atoms with van der Waals surface area (Å²) >= 11 is 0. The third-order valence-electron chi connectivity index (χ3n) is 3.36. The van der Waals surface area contributed by atoms with Crippen molar-refractivity contribution in [3.05, 3.63) is 0 Å². The third-order valence-corrected chi connectivity index (χ3v) is 3.36. The molecular weight excluding hydrogens is 206 g/mol. The van der Waals surface area contributed by atoms with E-state index in [1.165, 1.54) is 7.11 Å². The van der Waals surface area contributed by atoms with Crippen LogP contribution in [0.5, 0.6) is 0 Å². The van der Waals surface area contributed by atoms with Gasteiger partial charge in [0, 0.05) is 13.1 Å². The van der Waals surface area contributed by atoms with Crippen molar-refractivity contribution in [2.75, 3.05) is 26.8 Å². The highest BCUT2D eigenvalue weighted by molar-refractivity contribution is 5.76. The van der Waals surface area contributed by atoms with Crippen molar-refractivity contribution in [1.82, 2.24) is 4.90 Å². The first-order chi connectivity index (χ1) is 7.53. The van der Waals surface area contributed by atoms with Crippen LogP contribution < -0.4 is 0 Å². The maximum atomic E-state index is 11.8. The Balaban J connectivity index is 2.04. The topological polar surface area (TPSA) is 38.8 Å². The molecule has 0 N–H and O–H groups in total. The van der Waals surface area contributed by atoms with Gasteiger partial charge in [-0.05, 0) is 32.6 Å². The molecule has 1 aliphatic carbocycles. The van der Waals surface area contributed by atoms with Gasteiger partial charge < -0.3 is 9.47 Å². The first kappa shape index (κ1) is 11.9. The van der Waals surface area contributed by atoms with Crippen molar-refractivity contribution in [3.63, 3.8) is 0 Å². The molecule has 0 aromatic carbocycles. The fraction of sp³-hybridized carbons (Fsp3) is 0.917. The molecule has 1 atom stereocenters. The summed E-state index contributed by atoms with van der Waals surface area (Å²) in [5.74, 6) is 0.418. The van der Waals surface area contributed by atoms with Crippen LogP contribution in [0.25, 0.3) is 0 Å². The lowest BCUT2D eigenvalue weighted by Gasteiger charge is -2.41. The largest absolute Gasteiger partial charge is 0.468 e. The molecule has 0 radical (unpaired) electrons. The standard InChI is InChI=1S/C12H21NO3/c1-12(2)8-13(6-7-16-12)10(9-4-5-9)11(14)15-3/h9-10H,4-8H2,1-3H3. The molecule has 1 unspecified atom stereocenters. The molecule has 16 heavy (non-hydrogen) atoms. The number of carbonyl (C=O) groups excluding carboxylic acids is 1. The van der Waals surface area contributed by atoms with E-state index < -0.39 is 0 Å². The minimum Gasteiger partial charge on any atom is -0.468 e. The molecular formula is C12H21NO3. The SMILES string of the molecule is COC(=O)C(C1CC1)N1CCOC(C)(C)C1. The van der Waals surface area contributed by atoms with Crippen LogP contribution in [0.1, 0.15) is 26.7 Å². The second-order valence-electron chi connectivity index (χ2n) is 5.38. The van der Waals surface area contributed by atoms with Crippen LogP contribution in [0.15, 0.2) is 0 Å². The highest BCUT2D eigenvalue weighted by Gasteiger charge is 2.43. The molecule has 0 aromatic heterocycles. The Morgan fingerprint density at radius 2 is 2.19 bits per heavy atom. The summed E-state index contributed by atoms with van der Waals surface area (Å²) in [5.41, 5.74) is -0.153. The maximum absolute atomic E-state index is 11.8. The predicted octanol–water partition coefficient (Wildman–Crippen LogP) is 1.05. The van der Waals surface area contributed by atoms with Crippen LogP contribution in [0.3, 0.4) is 0 Å². The van der Waals surface area contributed by atoms with Gasteiger partial charge in [0.25, 0.3) is 0 Å². The van der Waals surface area contributed by atoms with Gasteiger partial charge >= 0.3 is 5.97 Å². The molecule has 0 amide bonds. The van der Waals surface area contributed by atoms with E-state index in [0.29, 0.717) is 12.5 Å². The summed E-state index contributed by atoms with van der Waals surface area (Å²) in [7, 11) is 1.48. The Morgan fingerprint density at radius 1 is 1.50 bits per heavy atom. The van der Waals surface area contributed by atoms with E-state index in [0.717, 1.165) is 25.9 Å². The summed E-state index contributed by atoms with van der Waals surface area (Å²) in [6, 6.07) is -0.0480. The molecule has 2 aliphatic rings. The first-order valence-electron chi connectivity index (χ1n) is 5.99. The van der Waals surface area contributed by atoms with Gasteiger partial charge in [-0.2, -0.15) is 0 Å². The maximum Gasteiger partial charge on any atom is 0.323 e. The molecule has 2 fully saturated rings. The zero-order valence-electron chi connectivity index (χ0n) is 10.4. The average Bonchev–Trinajstić information content (AvgIpc) is 3.00. The normalized spacial score (nSPS) is 27.4. The molecule has 1 heterocycles. The van der Waals surface area contributed by atoms with E-state index >= 15 is 0 Å². The molecule has 1 saturated carbocycles. The Bertz CT molecular complexity index is 273. The Morgan fingerprint density at radius 3 is 2.69 bits per heavy atom. The molecule has 4 nitrogen and oxygen atoms in total. The highest BCUT2D eigenvalue weighted by atomic mass is 16.5. The van der Waals surface area contributed by atoms with Gasteiger partial charge in [0.2, 0.25) is 0 Å². The summed E-state index contributed by atoms with van der Waals surface area (Å²) in [6.45, 7) is 6.48. The van der Waals surface area contributed by atoms with Gasteiger partial charge in [-0.25, -0.2) is 0 Å². The lowest BCUT2D eigenvalue weighted by molar-refractivity contribution is -0.155. The van der Waals surface area contributed by atoms with E-state index in [1.54, 1.807) is 0 Å². The highest BCUT2D eigenvalue weighted by Crippen LogP contribution is 2.37. The zero-order chi connectivity index (χ0) is 11.8. The van der Waals surface area contributed by atoms with E-state index in [9.17, 15) is 4.79 Å². The summed E-state index contributed by atoms with van der Waals surface area (Å²) in [4.78, 5) is 14.0. The van der Waals surface area contributed by atoms with Gasteiger partial charge in [0.05, 0.1) is 19.3 Å². The van der Waals surface area contributed by atoms with Crippen molar-refractivity contribution in [3.8, 4) is 0 Å². The molecule has 1 saturated heterocycles. The first-order valence-corrected chi connectivity index (χ1v) is 5.99. The second-order valence-corrected chi connectivity index (χ2v) is 5.38. The Labute approximate surface area is 96.9 Å². The fourth-order valence-corrected chi connectivity index (χ4v) is 2.46. The van der Waals surface area contributed by atoms with Crippen LogP contribution in [0, 0.1) is 5.92 Å². The summed E-state index contributed by atoms with van der Waals surface area (Å²) in [5, 5.41) is 0. The number of carbonyl (C=O) groups is 1. The molecule has 4 heteroatoms. The minimum atomic E-state index is -0.153. The predicted molar refractivity (Wildman–Crippen MR) is 60.1 cm³/mol. The lowest BCUT2D eigenvalue weighted by atomic mass is 10.0. The van der Waals surface area contributed by atoms with Gasteiger partial charge in [0.1, 0.15) is 6.04 Å². The summed E-state index contributed by atoms with van der Waals surface area (Å²) in [6.07, 6.45) is 2.30. The quantitative estimate of drug-likeness (QED) is 0.676. The molecule has 92 valence electrons. The average molecular weight is 227 g/mol. The van der Waals surface area contributed by atoms with Crippen molar-refractivity contribution in [2.45, 2.75) is 38.3 Å². The van der Waals surface area contributed by atoms with Crippen molar-refractivity contribution < 1.29 is 14.3 Å². The second kappa shape index (κ2) is 4.34. The van der Waals surface area contributed by atoms with E-state index in [1.807, 2.05) is 0 Å². The van der Waals surface area contributed by atoms with Crippen molar-refractivity contribution >= 4 is 5.97 Å². The fourth-order valence-electron chi connectivity index (χ4n) is 2.46. The number of ether oxygens (including phenoxy) is 2. The van der Waals surface area contributed by atoms with Gasteiger partial charge in [-0.15, -0.1) is 0 Å². The van der Waals surface area contributed by atoms with Crippen LogP contribution in [-0.4, -0.2) is 49.3 Å². The number of methoxy groups -OCH3 is 1. The van der Waals surface area contributed by atoms with Crippen molar-refractivity contribution in [1.29, 1.82) is 0 Å². The number of nitrogens with zero attached hydrogens (tertiary/aromatic N) is 1. The van der Waals surface area contributed by atoms with E-state index in [4.69, 9.17) is 9.47 Å². The van der Waals surface area contributed by atoms with Gasteiger partial charge in [-0.3, -0.25) is 9.69 Å².